The van der Waals surface area contributed by atoms with E-state index in [2.05, 4.69) is 26.9 Å². The van der Waals surface area contributed by atoms with Gasteiger partial charge in [-0.1, -0.05) is 25.5 Å². The number of aliphatic hydroxyl groups excluding tert-OH is 1. The van der Waals surface area contributed by atoms with E-state index in [0.29, 0.717) is 31.1 Å². The fourth-order valence-electron chi connectivity index (χ4n) is 4.64. The van der Waals surface area contributed by atoms with Crippen LogP contribution < -0.4 is 9.64 Å². The van der Waals surface area contributed by atoms with Crippen LogP contribution in [0.25, 0.3) is 22.8 Å². The number of hydrogen-bond donors (Lipinski definition) is 1. The van der Waals surface area contributed by atoms with E-state index >= 15 is 0 Å². The minimum absolute atomic E-state index is 0.254. The van der Waals surface area contributed by atoms with E-state index in [1.807, 2.05) is 62.2 Å². The van der Waals surface area contributed by atoms with E-state index < -0.39 is 6.10 Å². The van der Waals surface area contributed by atoms with E-state index in [1.54, 1.807) is 6.33 Å². The van der Waals surface area contributed by atoms with Crippen LogP contribution in [-0.2, 0) is 20.1 Å². The Morgan fingerprint density at radius 3 is 2.75 bits per heavy atom. The van der Waals surface area contributed by atoms with Crippen LogP contribution in [0.5, 0.6) is 5.75 Å². The topological polar surface area (TPSA) is 102 Å². The van der Waals surface area contributed by atoms with Gasteiger partial charge in [0.1, 0.15) is 24.5 Å². The molecule has 1 N–H and O–H groups in total. The summed E-state index contributed by atoms with van der Waals surface area (Å²) in [5, 5.41) is 14.5. The molecule has 1 atom stereocenters. The number of aliphatic hydroxyl groups is 1. The average Bonchev–Trinajstić information content (AvgIpc) is 3.46. The average molecular weight is 486 g/mol. The summed E-state index contributed by atoms with van der Waals surface area (Å²) in [5.41, 5.74) is 6.81. The van der Waals surface area contributed by atoms with Crippen LogP contribution in [0.1, 0.15) is 42.1 Å². The minimum Gasteiger partial charge on any atom is -0.491 e. The van der Waals surface area contributed by atoms with Crippen molar-refractivity contribution in [1.82, 2.24) is 29.7 Å². The quantitative estimate of drug-likeness (QED) is 0.399. The van der Waals surface area contributed by atoms with E-state index in [-0.39, 0.29) is 6.61 Å². The van der Waals surface area contributed by atoms with Crippen LogP contribution in [0.2, 0.25) is 0 Å². The molecule has 0 aliphatic carbocycles. The van der Waals surface area contributed by atoms with Crippen molar-refractivity contribution in [2.24, 2.45) is 7.05 Å². The number of nitrogens with zero attached hydrogens (tertiary/aromatic N) is 7. The Bertz CT molecular complexity index is 1340. The van der Waals surface area contributed by atoms with E-state index in [4.69, 9.17) is 14.7 Å². The highest BCUT2D eigenvalue weighted by Gasteiger charge is 2.26. The number of ether oxygens (including phenoxy) is 1. The van der Waals surface area contributed by atoms with Crippen molar-refractivity contribution in [2.45, 2.75) is 52.8 Å². The number of hydrogen-bond acceptors (Lipinski definition) is 8. The van der Waals surface area contributed by atoms with Crippen LogP contribution in [0, 0.1) is 13.8 Å². The number of rotatable bonds is 8. The normalized spacial score (nSPS) is 13.6. The Kier molecular flexibility index (Phi) is 6.65. The fourth-order valence-corrected chi connectivity index (χ4v) is 4.64. The monoisotopic (exact) mass is 485 g/mol. The van der Waals surface area contributed by atoms with Crippen molar-refractivity contribution < 1.29 is 9.84 Å². The van der Waals surface area contributed by atoms with Crippen molar-refractivity contribution in [3.8, 4) is 28.5 Å². The first-order chi connectivity index (χ1) is 17.4. The lowest BCUT2D eigenvalue weighted by Crippen LogP contribution is -2.19. The highest BCUT2D eigenvalue weighted by molar-refractivity contribution is 5.73. The molecule has 9 nitrogen and oxygen atoms in total. The second kappa shape index (κ2) is 10.0. The van der Waals surface area contributed by atoms with E-state index in [1.165, 1.54) is 0 Å². The van der Waals surface area contributed by atoms with Crippen molar-refractivity contribution in [3.05, 3.63) is 65.4 Å². The lowest BCUT2D eigenvalue weighted by molar-refractivity contribution is 0.0994. The molecule has 186 valence electrons. The molecule has 1 aromatic carbocycles. The molecule has 4 heterocycles. The summed E-state index contributed by atoms with van der Waals surface area (Å²) in [6, 6.07) is 7.72. The molecule has 0 saturated carbocycles. The Balaban J connectivity index is 1.56. The largest absolute Gasteiger partial charge is 0.491 e. The summed E-state index contributed by atoms with van der Waals surface area (Å²) in [5.74, 6) is 2.14. The number of aryl methyl sites for hydroxylation is 2. The van der Waals surface area contributed by atoms with Crippen molar-refractivity contribution in [1.29, 1.82) is 0 Å². The van der Waals surface area contributed by atoms with Crippen molar-refractivity contribution >= 4 is 5.82 Å². The Morgan fingerprint density at radius 2 is 2.00 bits per heavy atom. The molecule has 1 aliphatic heterocycles. The van der Waals surface area contributed by atoms with E-state index in [0.717, 1.165) is 51.6 Å². The van der Waals surface area contributed by atoms with Crippen LogP contribution >= 0.6 is 0 Å². The molecule has 9 heteroatoms. The smallest absolute Gasteiger partial charge is 0.162 e. The summed E-state index contributed by atoms with van der Waals surface area (Å²) in [4.78, 5) is 20.9. The van der Waals surface area contributed by atoms with Crippen LogP contribution in [-0.4, -0.2) is 47.5 Å². The SMILES string of the molecule is CCC[C@@H](O)COc1cccc(-c2nc(-c3c(C)cnn3C)c(C)c(N3Cc4cncnc4C3)n2)c1. The molecule has 0 fully saturated rings. The molecular formula is C27H31N7O2. The van der Waals surface area contributed by atoms with Gasteiger partial charge in [0.05, 0.1) is 35.9 Å². The third-order valence-electron chi connectivity index (χ3n) is 6.51. The van der Waals surface area contributed by atoms with Gasteiger partial charge in [0.25, 0.3) is 0 Å². The minimum atomic E-state index is -0.486. The van der Waals surface area contributed by atoms with Gasteiger partial charge in [-0.25, -0.2) is 19.9 Å². The molecule has 0 radical (unpaired) electrons. The Morgan fingerprint density at radius 1 is 1.14 bits per heavy atom. The van der Waals surface area contributed by atoms with Crippen LogP contribution in [0.3, 0.4) is 0 Å². The molecule has 0 spiro atoms. The van der Waals surface area contributed by atoms with Gasteiger partial charge in [0.2, 0.25) is 0 Å². The summed E-state index contributed by atoms with van der Waals surface area (Å²) in [6.07, 6.45) is 6.45. The molecule has 0 bridgehead atoms. The number of aromatic nitrogens is 6. The fraction of sp³-hybridized carbons (Fsp3) is 0.370. The van der Waals surface area contributed by atoms with Crippen LogP contribution in [0.4, 0.5) is 5.82 Å². The van der Waals surface area contributed by atoms with Gasteiger partial charge in [-0.3, -0.25) is 4.68 Å². The summed E-state index contributed by atoms with van der Waals surface area (Å²) < 4.78 is 7.73. The second-order valence-corrected chi connectivity index (χ2v) is 9.28. The zero-order valence-corrected chi connectivity index (χ0v) is 21.1. The van der Waals surface area contributed by atoms with Gasteiger partial charge >= 0.3 is 0 Å². The van der Waals surface area contributed by atoms with E-state index in [9.17, 15) is 5.11 Å². The van der Waals surface area contributed by atoms with Gasteiger partial charge in [0.15, 0.2) is 5.82 Å². The maximum absolute atomic E-state index is 10.1. The van der Waals surface area contributed by atoms with Gasteiger partial charge in [-0.15, -0.1) is 0 Å². The maximum Gasteiger partial charge on any atom is 0.162 e. The number of anilines is 1. The third kappa shape index (κ3) is 4.66. The molecule has 1 aliphatic rings. The second-order valence-electron chi connectivity index (χ2n) is 9.28. The van der Waals surface area contributed by atoms with Gasteiger partial charge < -0.3 is 14.7 Å². The zero-order chi connectivity index (χ0) is 25.2. The molecule has 0 amide bonds. The maximum atomic E-state index is 10.1. The van der Waals surface area contributed by atoms with Crippen molar-refractivity contribution in [2.75, 3.05) is 11.5 Å². The summed E-state index contributed by atoms with van der Waals surface area (Å²) >= 11 is 0. The summed E-state index contributed by atoms with van der Waals surface area (Å²) in [7, 11) is 1.93. The van der Waals surface area contributed by atoms with Crippen molar-refractivity contribution in [3.63, 3.8) is 0 Å². The van der Waals surface area contributed by atoms with Crippen LogP contribution in [0.15, 0.2) is 43.0 Å². The molecule has 0 unspecified atom stereocenters. The molecule has 3 aromatic heterocycles. The summed E-state index contributed by atoms with van der Waals surface area (Å²) in [6.45, 7) is 7.75. The molecular weight excluding hydrogens is 454 g/mol. The van der Waals surface area contributed by atoms with Gasteiger partial charge in [-0.05, 0) is 38.0 Å². The predicted molar refractivity (Wildman–Crippen MR) is 137 cm³/mol. The first kappa shape index (κ1) is 23.9. The number of fused-ring (bicyclic) bond motifs is 1. The molecule has 0 saturated heterocycles. The van der Waals surface area contributed by atoms with Gasteiger partial charge in [0, 0.05) is 36.5 Å². The molecule has 36 heavy (non-hydrogen) atoms. The number of benzene rings is 1. The highest BCUT2D eigenvalue weighted by atomic mass is 16.5. The Hall–Kier alpha value is -3.85. The third-order valence-corrected chi connectivity index (χ3v) is 6.51. The molecule has 4 aromatic rings. The zero-order valence-electron chi connectivity index (χ0n) is 21.1. The van der Waals surface area contributed by atoms with Gasteiger partial charge in [-0.2, -0.15) is 5.10 Å². The predicted octanol–water partition coefficient (Wildman–Crippen LogP) is 4.01. The first-order valence-corrected chi connectivity index (χ1v) is 12.3. The Labute approximate surface area is 210 Å². The lowest BCUT2D eigenvalue weighted by atomic mass is 10.1. The molecule has 5 rings (SSSR count). The first-order valence-electron chi connectivity index (χ1n) is 12.3. The standard InChI is InChI=1S/C27H31N7O2/c1-5-7-21(35)15-36-22-9-6-8-19(10-22)26-31-24(25-17(2)11-30-33(25)4)18(3)27(32-26)34-13-20-12-28-16-29-23(20)14-34/h6,8-12,16,21,35H,5,7,13-15H2,1-4H3/t21-/m1/s1. The highest BCUT2D eigenvalue weighted by Crippen LogP contribution is 2.35. The lowest BCUT2D eigenvalue weighted by Gasteiger charge is -2.22.